The van der Waals surface area contributed by atoms with Crippen molar-refractivity contribution < 1.29 is 24.6 Å². The first-order valence-electron chi connectivity index (χ1n) is 5.31. The zero-order chi connectivity index (χ0) is 13.5. The molecule has 1 rings (SSSR count). The Bertz CT molecular complexity index is 449. The minimum absolute atomic E-state index is 0. The van der Waals surface area contributed by atoms with Crippen LogP contribution in [0.3, 0.4) is 0 Å². The van der Waals surface area contributed by atoms with Crippen molar-refractivity contribution >= 4 is 47.4 Å². The molecule has 1 aromatic carbocycles. The van der Waals surface area contributed by atoms with Crippen LogP contribution in [0.2, 0.25) is 0 Å². The molecule has 1 amide bonds. The summed E-state index contributed by atoms with van der Waals surface area (Å²) in [4.78, 5) is 32.9. The van der Waals surface area contributed by atoms with E-state index < -0.39 is 23.9 Å². The molecule has 7 heteroatoms. The molecular weight excluding hydrogens is 261 g/mol. The van der Waals surface area contributed by atoms with Crippen molar-refractivity contribution in [2.45, 2.75) is 18.9 Å². The van der Waals surface area contributed by atoms with Crippen LogP contribution in [0.1, 0.15) is 23.2 Å². The molecule has 3 N–H and O–H groups in total. The van der Waals surface area contributed by atoms with Gasteiger partial charge < -0.3 is 15.5 Å². The van der Waals surface area contributed by atoms with Crippen molar-refractivity contribution in [2.75, 3.05) is 0 Å². The Labute approximate surface area is 132 Å². The summed E-state index contributed by atoms with van der Waals surface area (Å²) in [6, 6.07) is 6.94. The van der Waals surface area contributed by atoms with E-state index in [0.717, 1.165) is 0 Å². The summed E-state index contributed by atoms with van der Waals surface area (Å²) in [6.07, 6.45) is -0.463. The van der Waals surface area contributed by atoms with E-state index in [-0.39, 0.29) is 42.4 Å². The number of aliphatic carboxylic acids is 2. The normalized spacial score (nSPS) is 10.9. The molecule has 1 atom stereocenters. The van der Waals surface area contributed by atoms with E-state index >= 15 is 0 Å². The second kappa shape index (κ2) is 8.68. The molecule has 0 heterocycles. The molecule has 1 aromatic rings. The van der Waals surface area contributed by atoms with Gasteiger partial charge in [0.05, 0.1) is 0 Å². The second-order valence-electron chi connectivity index (χ2n) is 3.66. The van der Waals surface area contributed by atoms with Gasteiger partial charge in [-0.1, -0.05) is 18.2 Å². The van der Waals surface area contributed by atoms with Crippen molar-refractivity contribution in [3.8, 4) is 0 Å². The quantitative estimate of drug-likeness (QED) is 0.638. The van der Waals surface area contributed by atoms with E-state index in [9.17, 15) is 14.4 Å². The Morgan fingerprint density at radius 1 is 1.11 bits per heavy atom. The van der Waals surface area contributed by atoms with E-state index in [1.807, 2.05) is 0 Å². The van der Waals surface area contributed by atoms with Gasteiger partial charge >= 0.3 is 41.5 Å². The molecule has 0 aliphatic rings. The Morgan fingerprint density at radius 2 is 1.68 bits per heavy atom. The van der Waals surface area contributed by atoms with Crippen LogP contribution in [0.15, 0.2) is 30.3 Å². The summed E-state index contributed by atoms with van der Waals surface area (Å²) in [6.45, 7) is 0. The third-order valence-electron chi connectivity index (χ3n) is 2.29. The van der Waals surface area contributed by atoms with Crippen LogP contribution in [0.4, 0.5) is 0 Å². The first kappa shape index (κ1) is 17.6. The molecule has 19 heavy (non-hydrogen) atoms. The second-order valence-corrected chi connectivity index (χ2v) is 3.66. The maximum atomic E-state index is 11.7. The number of carboxylic acids is 2. The van der Waals surface area contributed by atoms with Gasteiger partial charge in [0.2, 0.25) is 0 Å². The van der Waals surface area contributed by atoms with Crippen molar-refractivity contribution in [3.05, 3.63) is 35.9 Å². The molecule has 0 aliphatic carbocycles. The first-order chi connectivity index (χ1) is 8.50. The number of carbonyl (C=O) groups excluding carboxylic acids is 1. The van der Waals surface area contributed by atoms with Crippen LogP contribution in [0.5, 0.6) is 0 Å². The van der Waals surface area contributed by atoms with Crippen LogP contribution in [0.25, 0.3) is 0 Å². The first-order valence-corrected chi connectivity index (χ1v) is 5.31. The van der Waals surface area contributed by atoms with Gasteiger partial charge in [0.15, 0.2) is 0 Å². The Kier molecular flexibility index (Phi) is 8.06. The number of carbonyl (C=O) groups is 3. The molecule has 0 radical (unpaired) electrons. The fourth-order valence-electron chi connectivity index (χ4n) is 1.36. The SMILES string of the molecule is O=C(O)CCC(NC(=O)c1ccccc1)C(=O)O.[NaH]. The average Bonchev–Trinajstić information content (AvgIpc) is 2.34. The standard InChI is InChI=1S/C12H13NO5.Na.H/c14-10(15)7-6-9(12(17)18)13-11(16)8-4-2-1-3-5-8;;/h1-5,9H,6-7H2,(H,13,16)(H,14,15)(H,17,18);;. The number of nitrogens with one attached hydrogen (secondary N) is 1. The number of rotatable bonds is 6. The van der Waals surface area contributed by atoms with Gasteiger partial charge in [-0.15, -0.1) is 0 Å². The predicted octanol–water partition coefficient (Wildman–Crippen LogP) is 0.0859. The minimum atomic E-state index is -1.25. The van der Waals surface area contributed by atoms with E-state index in [2.05, 4.69) is 5.32 Å². The monoisotopic (exact) mass is 275 g/mol. The Morgan fingerprint density at radius 3 is 2.16 bits per heavy atom. The van der Waals surface area contributed by atoms with Crippen molar-refractivity contribution in [3.63, 3.8) is 0 Å². The molecule has 0 saturated carbocycles. The van der Waals surface area contributed by atoms with Crippen molar-refractivity contribution in [1.29, 1.82) is 0 Å². The predicted molar refractivity (Wildman–Crippen MR) is 69.4 cm³/mol. The van der Waals surface area contributed by atoms with Gasteiger partial charge in [-0.25, -0.2) is 4.79 Å². The molecule has 98 valence electrons. The van der Waals surface area contributed by atoms with Crippen molar-refractivity contribution in [1.82, 2.24) is 5.32 Å². The fraction of sp³-hybridized carbons (Fsp3) is 0.250. The molecule has 1 unspecified atom stereocenters. The third-order valence-corrected chi connectivity index (χ3v) is 2.29. The number of carboxylic acid groups (broad SMARTS) is 2. The van der Waals surface area contributed by atoms with Crippen LogP contribution in [-0.2, 0) is 9.59 Å². The van der Waals surface area contributed by atoms with E-state index in [1.165, 1.54) is 0 Å². The Hall–Kier alpha value is -1.37. The third kappa shape index (κ3) is 6.37. The molecule has 0 aliphatic heterocycles. The number of hydrogen-bond donors (Lipinski definition) is 3. The molecule has 0 fully saturated rings. The van der Waals surface area contributed by atoms with Gasteiger partial charge in [-0.05, 0) is 18.6 Å². The van der Waals surface area contributed by atoms with Crippen LogP contribution >= 0.6 is 0 Å². The summed E-state index contributed by atoms with van der Waals surface area (Å²) in [5.74, 6) is -2.89. The molecule has 6 nitrogen and oxygen atoms in total. The summed E-state index contributed by atoms with van der Waals surface area (Å²) >= 11 is 0. The maximum absolute atomic E-state index is 11.7. The fourth-order valence-corrected chi connectivity index (χ4v) is 1.36. The topological polar surface area (TPSA) is 104 Å². The van der Waals surface area contributed by atoms with Gasteiger partial charge in [0.1, 0.15) is 6.04 Å². The zero-order valence-corrected chi connectivity index (χ0v) is 9.50. The van der Waals surface area contributed by atoms with Gasteiger partial charge in [-0.2, -0.15) is 0 Å². The van der Waals surface area contributed by atoms with Gasteiger partial charge in [-0.3, -0.25) is 9.59 Å². The number of amides is 1. The van der Waals surface area contributed by atoms with Crippen LogP contribution in [0, 0.1) is 0 Å². The molecule has 0 saturated heterocycles. The average molecular weight is 275 g/mol. The zero-order valence-electron chi connectivity index (χ0n) is 9.50. The summed E-state index contributed by atoms with van der Waals surface area (Å²) in [5, 5.41) is 19.7. The molecule has 0 aromatic heterocycles. The van der Waals surface area contributed by atoms with E-state index in [0.29, 0.717) is 5.56 Å². The van der Waals surface area contributed by atoms with Crippen LogP contribution < -0.4 is 5.32 Å². The summed E-state index contributed by atoms with van der Waals surface area (Å²) in [7, 11) is 0. The summed E-state index contributed by atoms with van der Waals surface area (Å²) < 4.78 is 0. The Balaban J connectivity index is 0.00000324. The number of hydrogen-bond acceptors (Lipinski definition) is 3. The van der Waals surface area contributed by atoms with E-state index in [4.69, 9.17) is 10.2 Å². The van der Waals surface area contributed by atoms with E-state index in [1.54, 1.807) is 30.3 Å². The van der Waals surface area contributed by atoms with Crippen molar-refractivity contribution in [2.24, 2.45) is 0 Å². The van der Waals surface area contributed by atoms with Gasteiger partial charge in [0, 0.05) is 12.0 Å². The molecular formula is C12H14NNaO5. The van der Waals surface area contributed by atoms with Crippen LogP contribution in [-0.4, -0.2) is 63.7 Å². The molecule has 0 spiro atoms. The number of benzene rings is 1. The summed E-state index contributed by atoms with van der Waals surface area (Å²) in [5.41, 5.74) is 0.332. The molecule has 0 bridgehead atoms. The van der Waals surface area contributed by atoms with Gasteiger partial charge in [0.25, 0.3) is 5.91 Å².